The summed E-state index contributed by atoms with van der Waals surface area (Å²) in [6, 6.07) is 5.60. The molecule has 2 N–H and O–H groups in total. The van der Waals surface area contributed by atoms with Crippen LogP contribution in [0.3, 0.4) is 0 Å². The molecular weight excluding hydrogens is 241 g/mol. The van der Waals surface area contributed by atoms with Crippen LogP contribution in [0.2, 0.25) is 10.0 Å². The second-order valence-electron chi connectivity index (χ2n) is 4.60. The van der Waals surface area contributed by atoms with E-state index in [1.165, 1.54) is 0 Å². The Balaban J connectivity index is 2.53. The third-order valence-electron chi connectivity index (χ3n) is 2.21. The molecule has 0 heterocycles. The first-order valence-corrected chi connectivity index (χ1v) is 6.04. The van der Waals surface area contributed by atoms with E-state index in [0.717, 1.165) is 18.4 Å². The number of nitrogens with two attached hydrogens (primary N) is 1. The highest BCUT2D eigenvalue weighted by Crippen LogP contribution is 2.23. The molecule has 1 aromatic carbocycles. The molecule has 88 valence electrons. The molecule has 0 amide bonds. The van der Waals surface area contributed by atoms with Crippen molar-refractivity contribution in [2.24, 2.45) is 5.73 Å². The summed E-state index contributed by atoms with van der Waals surface area (Å²) < 4.78 is 0. The molecular formula is C13H17Cl2N. The van der Waals surface area contributed by atoms with Gasteiger partial charge in [0.25, 0.3) is 0 Å². The largest absolute Gasteiger partial charge is 0.326 e. The molecule has 0 saturated carbocycles. The van der Waals surface area contributed by atoms with Gasteiger partial charge >= 0.3 is 0 Å². The molecule has 0 radical (unpaired) electrons. The molecule has 0 aliphatic rings. The zero-order chi connectivity index (χ0) is 12.2. The molecule has 0 aliphatic carbocycles. The zero-order valence-electron chi connectivity index (χ0n) is 9.63. The Bertz CT molecular complexity index is 378. The molecule has 0 fully saturated rings. The Morgan fingerprint density at radius 3 is 2.50 bits per heavy atom. The number of allylic oxidation sites excluding steroid dienone is 1. The first-order valence-electron chi connectivity index (χ1n) is 5.29. The van der Waals surface area contributed by atoms with Gasteiger partial charge in [0.2, 0.25) is 0 Å². The molecule has 16 heavy (non-hydrogen) atoms. The fourth-order valence-corrected chi connectivity index (χ4v) is 1.60. The van der Waals surface area contributed by atoms with Gasteiger partial charge < -0.3 is 5.73 Å². The van der Waals surface area contributed by atoms with Gasteiger partial charge in [-0.2, -0.15) is 0 Å². The molecule has 0 aliphatic heterocycles. The van der Waals surface area contributed by atoms with Crippen molar-refractivity contribution in [1.82, 2.24) is 0 Å². The summed E-state index contributed by atoms with van der Waals surface area (Å²) in [5.74, 6) is 0. The van der Waals surface area contributed by atoms with Gasteiger partial charge in [-0.3, -0.25) is 0 Å². The predicted octanol–water partition coefficient (Wildman–Crippen LogP) is 4.52. The smallest absolute Gasteiger partial charge is 0.0598 e. The summed E-state index contributed by atoms with van der Waals surface area (Å²) in [6.07, 6.45) is 6.07. The Hall–Kier alpha value is -0.500. The average molecular weight is 258 g/mol. The molecule has 1 nitrogen and oxygen atoms in total. The van der Waals surface area contributed by atoms with Crippen LogP contribution in [0.4, 0.5) is 0 Å². The maximum Gasteiger partial charge on any atom is 0.0598 e. The molecule has 1 rings (SSSR count). The Morgan fingerprint density at radius 2 is 1.94 bits per heavy atom. The molecule has 1 aromatic rings. The molecule has 0 atom stereocenters. The summed E-state index contributed by atoms with van der Waals surface area (Å²) in [6.45, 7) is 4.06. The zero-order valence-corrected chi connectivity index (χ0v) is 11.1. The number of rotatable bonds is 4. The number of hydrogen-bond acceptors (Lipinski definition) is 1. The third kappa shape index (κ3) is 5.02. The third-order valence-corrected chi connectivity index (χ3v) is 2.95. The van der Waals surface area contributed by atoms with Crippen LogP contribution in [0.5, 0.6) is 0 Å². The second kappa shape index (κ2) is 5.72. The van der Waals surface area contributed by atoms with Gasteiger partial charge in [0.15, 0.2) is 0 Å². The highest BCUT2D eigenvalue weighted by Gasteiger charge is 2.07. The van der Waals surface area contributed by atoms with Gasteiger partial charge in [-0.15, -0.1) is 0 Å². The van der Waals surface area contributed by atoms with Crippen molar-refractivity contribution in [3.05, 3.63) is 39.9 Å². The summed E-state index contributed by atoms with van der Waals surface area (Å²) in [7, 11) is 0. The normalized spacial score (nSPS) is 12.3. The molecule has 0 aromatic heterocycles. The highest BCUT2D eigenvalue weighted by atomic mass is 35.5. The average Bonchev–Trinajstić information content (AvgIpc) is 2.17. The maximum atomic E-state index is 5.91. The van der Waals surface area contributed by atoms with Crippen molar-refractivity contribution >= 4 is 29.3 Å². The predicted molar refractivity (Wildman–Crippen MR) is 73.0 cm³/mol. The molecule has 3 heteroatoms. The van der Waals surface area contributed by atoms with Crippen LogP contribution < -0.4 is 5.73 Å². The lowest BCUT2D eigenvalue weighted by molar-refractivity contribution is 0.482. The minimum absolute atomic E-state index is 0.109. The highest BCUT2D eigenvalue weighted by molar-refractivity contribution is 6.42. The van der Waals surface area contributed by atoms with E-state index in [-0.39, 0.29) is 5.54 Å². The van der Waals surface area contributed by atoms with Crippen LogP contribution >= 0.6 is 23.2 Å². The Kier molecular flexibility index (Phi) is 4.85. The van der Waals surface area contributed by atoms with E-state index in [1.54, 1.807) is 6.07 Å². The Morgan fingerprint density at radius 1 is 1.25 bits per heavy atom. The van der Waals surface area contributed by atoms with Crippen molar-refractivity contribution in [2.45, 2.75) is 32.2 Å². The lowest BCUT2D eigenvalue weighted by Crippen LogP contribution is -2.31. The summed E-state index contributed by atoms with van der Waals surface area (Å²) in [5.41, 5.74) is 6.84. The lowest BCUT2D eigenvalue weighted by atomic mass is 10.00. The fourth-order valence-electron chi connectivity index (χ4n) is 1.29. The molecule has 0 spiro atoms. The number of hydrogen-bond donors (Lipinski definition) is 1. The minimum atomic E-state index is -0.109. The van der Waals surface area contributed by atoms with Gasteiger partial charge in [-0.1, -0.05) is 41.4 Å². The maximum absolute atomic E-state index is 5.91. The van der Waals surface area contributed by atoms with Crippen molar-refractivity contribution in [2.75, 3.05) is 0 Å². The van der Waals surface area contributed by atoms with Crippen LogP contribution in [0.25, 0.3) is 6.08 Å². The van der Waals surface area contributed by atoms with E-state index in [4.69, 9.17) is 28.9 Å². The minimum Gasteiger partial charge on any atom is -0.326 e. The van der Waals surface area contributed by atoms with Crippen LogP contribution in [0.15, 0.2) is 24.3 Å². The number of halogens is 2. The lowest BCUT2D eigenvalue weighted by Gasteiger charge is -2.16. The van der Waals surface area contributed by atoms with E-state index >= 15 is 0 Å². The summed E-state index contributed by atoms with van der Waals surface area (Å²) in [4.78, 5) is 0. The van der Waals surface area contributed by atoms with Gasteiger partial charge in [-0.25, -0.2) is 0 Å². The van der Waals surface area contributed by atoms with Crippen LogP contribution in [-0.2, 0) is 0 Å². The van der Waals surface area contributed by atoms with Crippen molar-refractivity contribution in [3.8, 4) is 0 Å². The summed E-state index contributed by atoms with van der Waals surface area (Å²) in [5, 5.41) is 1.17. The first-order chi connectivity index (χ1) is 7.38. The van der Waals surface area contributed by atoms with Crippen molar-refractivity contribution < 1.29 is 0 Å². The standard InChI is InChI=1S/C13H17Cl2N/c1-13(2,16)8-4-3-5-10-6-7-11(14)12(15)9-10/h3,5-7,9H,4,8,16H2,1-2H3/b5-3+. The monoisotopic (exact) mass is 257 g/mol. The topological polar surface area (TPSA) is 26.0 Å². The number of benzene rings is 1. The van der Waals surface area contributed by atoms with Crippen LogP contribution in [-0.4, -0.2) is 5.54 Å². The van der Waals surface area contributed by atoms with Crippen LogP contribution in [0.1, 0.15) is 32.3 Å². The van der Waals surface area contributed by atoms with Gasteiger partial charge in [0.1, 0.15) is 0 Å². The fraction of sp³-hybridized carbons (Fsp3) is 0.385. The van der Waals surface area contributed by atoms with Crippen molar-refractivity contribution in [1.29, 1.82) is 0 Å². The van der Waals surface area contributed by atoms with Crippen molar-refractivity contribution in [3.63, 3.8) is 0 Å². The van der Waals surface area contributed by atoms with E-state index in [9.17, 15) is 0 Å². The Labute approximate surface area is 107 Å². The second-order valence-corrected chi connectivity index (χ2v) is 5.42. The van der Waals surface area contributed by atoms with E-state index in [1.807, 2.05) is 32.1 Å². The quantitative estimate of drug-likeness (QED) is 0.843. The van der Waals surface area contributed by atoms with Gasteiger partial charge in [-0.05, 0) is 44.4 Å². The van der Waals surface area contributed by atoms with E-state index in [2.05, 4.69) is 6.08 Å². The molecule has 0 unspecified atom stereocenters. The molecule has 0 bridgehead atoms. The molecule has 0 saturated heterocycles. The van der Waals surface area contributed by atoms with Crippen LogP contribution in [0, 0.1) is 0 Å². The van der Waals surface area contributed by atoms with E-state index < -0.39 is 0 Å². The van der Waals surface area contributed by atoms with E-state index in [0.29, 0.717) is 10.0 Å². The van der Waals surface area contributed by atoms with Gasteiger partial charge in [0, 0.05) is 5.54 Å². The SMILES string of the molecule is CC(C)(N)CC/C=C/c1ccc(Cl)c(Cl)c1. The summed E-state index contributed by atoms with van der Waals surface area (Å²) >= 11 is 11.7. The van der Waals surface area contributed by atoms with Gasteiger partial charge in [0.05, 0.1) is 10.0 Å². The first kappa shape index (κ1) is 13.6.